The van der Waals surface area contributed by atoms with Crippen molar-refractivity contribution in [1.29, 1.82) is 0 Å². The lowest BCUT2D eigenvalue weighted by Crippen LogP contribution is -2.05. The second-order valence-corrected chi connectivity index (χ2v) is 3.22. The Kier molecular flexibility index (Phi) is 2.37. The van der Waals surface area contributed by atoms with Crippen molar-refractivity contribution < 1.29 is 9.53 Å². The zero-order chi connectivity index (χ0) is 10.8. The molecule has 0 fully saturated rings. The second kappa shape index (κ2) is 3.68. The van der Waals surface area contributed by atoms with E-state index in [9.17, 15) is 4.79 Å². The summed E-state index contributed by atoms with van der Waals surface area (Å²) in [6, 6.07) is 3.75. The smallest absolute Gasteiger partial charge is 0.313 e. The Bertz CT molecular complexity index is 464. The summed E-state index contributed by atoms with van der Waals surface area (Å²) in [7, 11) is 3.24. The molecule has 0 saturated heterocycles. The van der Waals surface area contributed by atoms with Crippen LogP contribution >= 0.6 is 0 Å². The molecular weight excluding hydrogens is 194 g/mol. The molecule has 0 aromatic rings. The van der Waals surface area contributed by atoms with Gasteiger partial charge in [0.25, 0.3) is 0 Å². The summed E-state index contributed by atoms with van der Waals surface area (Å²) in [5.41, 5.74) is 0.791. The van der Waals surface area contributed by atoms with Gasteiger partial charge in [0.15, 0.2) is 5.82 Å². The highest BCUT2D eigenvalue weighted by Crippen LogP contribution is 2.17. The summed E-state index contributed by atoms with van der Waals surface area (Å²) in [4.78, 5) is 19.5. The van der Waals surface area contributed by atoms with Gasteiger partial charge < -0.3 is 9.30 Å². The molecule has 2 aliphatic heterocycles. The third kappa shape index (κ3) is 1.81. The Labute approximate surface area is 87.1 Å². The Morgan fingerprint density at radius 3 is 3.00 bits per heavy atom. The largest absolute Gasteiger partial charge is 0.469 e. The molecule has 0 atom stereocenters. The zero-order valence-electron chi connectivity index (χ0n) is 8.60. The van der Waals surface area contributed by atoms with Crippen LogP contribution in [0.2, 0.25) is 0 Å². The van der Waals surface area contributed by atoms with E-state index >= 15 is 0 Å². The molecule has 0 aromatic carbocycles. The lowest BCUT2D eigenvalue weighted by atomic mass is 10.3. The van der Waals surface area contributed by atoms with Gasteiger partial charge in [-0.2, -0.15) is 0 Å². The van der Waals surface area contributed by atoms with E-state index in [1.807, 2.05) is 29.9 Å². The van der Waals surface area contributed by atoms with Crippen LogP contribution in [0.4, 0.5) is 0 Å². The first-order valence-corrected chi connectivity index (χ1v) is 4.55. The van der Waals surface area contributed by atoms with Crippen LogP contribution in [0.15, 0.2) is 18.3 Å². The number of rotatable bonds is 2. The average molecular weight is 205 g/mol. The van der Waals surface area contributed by atoms with Crippen molar-refractivity contribution >= 4 is 5.97 Å². The molecule has 5 nitrogen and oxygen atoms in total. The molecule has 0 aromatic heterocycles. The van der Waals surface area contributed by atoms with Crippen LogP contribution < -0.4 is 0 Å². The van der Waals surface area contributed by atoms with E-state index in [1.54, 1.807) is 0 Å². The van der Waals surface area contributed by atoms with E-state index in [0.717, 1.165) is 11.5 Å². The van der Waals surface area contributed by atoms with Gasteiger partial charge in [0.2, 0.25) is 0 Å². The minimum absolute atomic E-state index is 0.116. The number of nitrogens with zero attached hydrogens (tertiary/aromatic N) is 3. The molecular formula is C10H11N3O2. The summed E-state index contributed by atoms with van der Waals surface area (Å²) in [6.45, 7) is 0. The summed E-state index contributed by atoms with van der Waals surface area (Å²) in [5.74, 6) is 0.947. The number of carbonyl (C=O) groups is 1. The molecule has 0 amide bonds. The lowest BCUT2D eigenvalue weighted by molar-refractivity contribution is -0.139. The van der Waals surface area contributed by atoms with Crippen LogP contribution in [0.1, 0.15) is 5.82 Å². The quantitative estimate of drug-likeness (QED) is 0.675. The highest BCUT2D eigenvalue weighted by molar-refractivity contribution is 5.72. The van der Waals surface area contributed by atoms with E-state index in [4.69, 9.17) is 0 Å². The Morgan fingerprint density at radius 1 is 1.53 bits per heavy atom. The zero-order valence-corrected chi connectivity index (χ0v) is 8.60. The summed E-state index contributed by atoms with van der Waals surface area (Å²) in [5, 5.41) is 0. The van der Waals surface area contributed by atoms with E-state index in [0.29, 0.717) is 5.82 Å². The topological polar surface area (TPSA) is 57.0 Å². The predicted octanol–water partition coefficient (Wildman–Crippen LogP) is 0.635. The standard InChI is InChI=1S/C10H11N3O2/c1-13-5-3-4-7-10(13)12-8(11-7)6-9(14)15-2/h3-5H,6H2,1-2H3. The number of methoxy groups -OCH3 is 1. The first kappa shape index (κ1) is 9.64. The van der Waals surface area contributed by atoms with Gasteiger partial charge in [0.1, 0.15) is 17.9 Å². The van der Waals surface area contributed by atoms with E-state index in [-0.39, 0.29) is 12.4 Å². The monoisotopic (exact) mass is 205 g/mol. The maximum atomic E-state index is 11.0. The van der Waals surface area contributed by atoms with Crippen molar-refractivity contribution in [2.75, 3.05) is 7.11 Å². The van der Waals surface area contributed by atoms with E-state index in [1.165, 1.54) is 7.11 Å². The van der Waals surface area contributed by atoms with Gasteiger partial charge in [0.05, 0.1) is 7.11 Å². The summed E-state index contributed by atoms with van der Waals surface area (Å²) in [6.07, 6.45) is 2.00. The number of carbonyl (C=O) groups excluding carboxylic acids is 1. The number of fused-ring (bicyclic) bond motifs is 1. The maximum Gasteiger partial charge on any atom is 0.313 e. The van der Waals surface area contributed by atoms with Crippen LogP contribution in [0.5, 0.6) is 0 Å². The molecule has 0 spiro atoms. The van der Waals surface area contributed by atoms with Crippen molar-refractivity contribution in [2.24, 2.45) is 7.05 Å². The minimum atomic E-state index is -0.326. The van der Waals surface area contributed by atoms with E-state index in [2.05, 4.69) is 14.7 Å². The highest BCUT2D eigenvalue weighted by atomic mass is 16.5. The van der Waals surface area contributed by atoms with Crippen molar-refractivity contribution in [3.63, 3.8) is 0 Å². The van der Waals surface area contributed by atoms with E-state index < -0.39 is 0 Å². The SMILES string of the molecule is COC(=O)Cc1nc2cccn(C)c-2n1. The highest BCUT2D eigenvalue weighted by Gasteiger charge is 2.14. The van der Waals surface area contributed by atoms with Crippen LogP contribution in [0.25, 0.3) is 11.5 Å². The maximum absolute atomic E-state index is 11.0. The van der Waals surface area contributed by atoms with Gasteiger partial charge in [-0.15, -0.1) is 0 Å². The van der Waals surface area contributed by atoms with Crippen molar-refractivity contribution in [2.45, 2.75) is 6.42 Å². The molecule has 2 heterocycles. The average Bonchev–Trinajstić information content (AvgIpc) is 2.62. The predicted molar refractivity (Wildman–Crippen MR) is 53.3 cm³/mol. The number of ether oxygens (including phenoxy) is 1. The fraction of sp³-hybridized carbons (Fsp3) is 0.300. The summed E-state index contributed by atoms with van der Waals surface area (Å²) >= 11 is 0. The van der Waals surface area contributed by atoms with Gasteiger partial charge >= 0.3 is 5.97 Å². The normalized spacial score (nSPS) is 10.5. The first-order chi connectivity index (χ1) is 7.20. The molecule has 0 unspecified atom stereocenters. The van der Waals surface area contributed by atoms with Gasteiger partial charge in [-0.05, 0) is 12.1 Å². The van der Waals surface area contributed by atoms with Crippen molar-refractivity contribution in [1.82, 2.24) is 14.5 Å². The molecule has 2 aliphatic rings. The molecule has 0 bridgehead atoms. The Balaban J connectivity index is 2.35. The third-order valence-electron chi connectivity index (χ3n) is 2.14. The number of hydrogen-bond acceptors (Lipinski definition) is 4. The molecule has 78 valence electrons. The van der Waals surface area contributed by atoms with Gasteiger partial charge in [-0.1, -0.05) is 0 Å². The second-order valence-electron chi connectivity index (χ2n) is 3.22. The fourth-order valence-electron chi connectivity index (χ4n) is 1.38. The summed E-state index contributed by atoms with van der Waals surface area (Å²) < 4.78 is 6.42. The molecule has 5 heteroatoms. The molecule has 0 N–H and O–H groups in total. The van der Waals surface area contributed by atoms with Gasteiger partial charge in [0, 0.05) is 13.2 Å². The van der Waals surface area contributed by atoms with Gasteiger partial charge in [-0.3, -0.25) is 4.79 Å². The molecule has 0 radical (unpaired) electrons. The lowest BCUT2D eigenvalue weighted by Gasteiger charge is -2.01. The minimum Gasteiger partial charge on any atom is -0.469 e. The Hall–Kier alpha value is -1.91. The number of aromatic nitrogens is 3. The van der Waals surface area contributed by atoms with Crippen LogP contribution in [-0.2, 0) is 23.0 Å². The van der Waals surface area contributed by atoms with Crippen LogP contribution in [-0.4, -0.2) is 27.6 Å². The molecule has 2 rings (SSSR count). The van der Waals surface area contributed by atoms with Crippen molar-refractivity contribution in [3.05, 3.63) is 24.2 Å². The third-order valence-corrected chi connectivity index (χ3v) is 2.14. The number of imidazole rings is 1. The fourth-order valence-corrected chi connectivity index (χ4v) is 1.38. The molecule has 15 heavy (non-hydrogen) atoms. The number of aryl methyl sites for hydroxylation is 1. The van der Waals surface area contributed by atoms with Gasteiger partial charge in [-0.25, -0.2) is 9.97 Å². The number of pyridine rings is 1. The van der Waals surface area contributed by atoms with Crippen LogP contribution in [0, 0.1) is 0 Å². The first-order valence-electron chi connectivity index (χ1n) is 4.55. The Morgan fingerprint density at radius 2 is 2.33 bits per heavy atom. The molecule has 0 saturated carbocycles. The number of esters is 1. The molecule has 0 aliphatic carbocycles. The van der Waals surface area contributed by atoms with Crippen LogP contribution in [0.3, 0.4) is 0 Å². The van der Waals surface area contributed by atoms with Crippen molar-refractivity contribution in [3.8, 4) is 11.5 Å². The number of hydrogen-bond donors (Lipinski definition) is 0.